The second-order valence-corrected chi connectivity index (χ2v) is 8.55. The summed E-state index contributed by atoms with van der Waals surface area (Å²) in [5, 5.41) is 31.5. The van der Waals surface area contributed by atoms with Crippen LogP contribution < -0.4 is 4.74 Å². The van der Waals surface area contributed by atoms with Crippen molar-refractivity contribution in [2.24, 2.45) is 5.16 Å². The molecule has 0 aliphatic rings. The normalized spacial score (nSPS) is 11.3. The number of benzene rings is 3. The molecular formula is C29H31NO6. The number of oxime groups is 1. The van der Waals surface area contributed by atoms with Crippen LogP contribution in [0.15, 0.2) is 78.0 Å². The molecular weight excluding hydrogens is 458 g/mol. The van der Waals surface area contributed by atoms with E-state index < -0.39 is 11.9 Å². The average Bonchev–Trinajstić information content (AvgIpc) is 2.89. The summed E-state index contributed by atoms with van der Waals surface area (Å²) in [4.78, 5) is 22.5. The maximum Gasteiger partial charge on any atom is 0.335 e. The van der Waals surface area contributed by atoms with Crippen LogP contribution >= 0.6 is 0 Å². The van der Waals surface area contributed by atoms with E-state index in [2.05, 4.69) is 29.4 Å². The highest BCUT2D eigenvalue weighted by Crippen LogP contribution is 2.25. The fourth-order valence-electron chi connectivity index (χ4n) is 4.00. The van der Waals surface area contributed by atoms with Gasteiger partial charge in [0.15, 0.2) is 0 Å². The number of carboxylic acids is 2. The Morgan fingerprint density at radius 3 is 2.19 bits per heavy atom. The average molecular weight is 490 g/mol. The Hall–Kier alpha value is -4.13. The Morgan fingerprint density at radius 1 is 0.750 bits per heavy atom. The van der Waals surface area contributed by atoms with Crippen molar-refractivity contribution in [3.8, 4) is 5.75 Å². The molecule has 7 nitrogen and oxygen atoms in total. The molecule has 7 heteroatoms. The number of ether oxygens (including phenoxy) is 1. The van der Waals surface area contributed by atoms with Gasteiger partial charge in [-0.25, -0.2) is 4.79 Å². The monoisotopic (exact) mass is 489 g/mol. The molecule has 36 heavy (non-hydrogen) atoms. The van der Waals surface area contributed by atoms with Gasteiger partial charge in [0.25, 0.3) is 0 Å². The van der Waals surface area contributed by atoms with E-state index in [-0.39, 0.29) is 24.1 Å². The maximum absolute atomic E-state index is 11.3. The van der Waals surface area contributed by atoms with Crippen LogP contribution in [0.4, 0.5) is 0 Å². The van der Waals surface area contributed by atoms with Crippen molar-refractivity contribution >= 4 is 17.7 Å². The van der Waals surface area contributed by atoms with Gasteiger partial charge in [-0.3, -0.25) is 4.79 Å². The van der Waals surface area contributed by atoms with E-state index in [9.17, 15) is 19.9 Å². The van der Waals surface area contributed by atoms with Crippen LogP contribution in [0.25, 0.3) is 0 Å². The lowest BCUT2D eigenvalue weighted by molar-refractivity contribution is -0.136. The molecule has 188 valence electrons. The molecule has 0 heterocycles. The zero-order valence-electron chi connectivity index (χ0n) is 20.1. The zero-order valence-corrected chi connectivity index (χ0v) is 20.1. The summed E-state index contributed by atoms with van der Waals surface area (Å²) in [6.07, 6.45) is 5.40. The number of hydrogen-bond acceptors (Lipinski definition) is 5. The molecule has 0 radical (unpaired) electrons. The Bertz CT molecular complexity index is 1190. The molecule has 0 atom stereocenters. The molecule has 3 aromatic rings. The molecule has 0 spiro atoms. The minimum atomic E-state index is -1.08. The van der Waals surface area contributed by atoms with Crippen molar-refractivity contribution in [3.63, 3.8) is 0 Å². The van der Waals surface area contributed by atoms with Crippen LogP contribution in [0, 0.1) is 0 Å². The highest BCUT2D eigenvalue weighted by atomic mass is 16.5. The summed E-state index contributed by atoms with van der Waals surface area (Å²) in [5.74, 6) is -1.41. The van der Waals surface area contributed by atoms with E-state index in [1.165, 1.54) is 17.7 Å². The summed E-state index contributed by atoms with van der Waals surface area (Å²) < 4.78 is 5.99. The molecule has 3 rings (SSSR count). The van der Waals surface area contributed by atoms with Crippen molar-refractivity contribution in [2.45, 2.75) is 44.9 Å². The highest BCUT2D eigenvalue weighted by Gasteiger charge is 2.15. The second-order valence-electron chi connectivity index (χ2n) is 8.55. The van der Waals surface area contributed by atoms with Crippen LogP contribution in [-0.2, 0) is 17.6 Å². The summed E-state index contributed by atoms with van der Waals surface area (Å²) >= 11 is 0. The highest BCUT2D eigenvalue weighted by molar-refractivity contribution is 6.13. The van der Waals surface area contributed by atoms with Gasteiger partial charge in [0.05, 0.1) is 12.2 Å². The van der Waals surface area contributed by atoms with Crippen LogP contribution in [0.3, 0.4) is 0 Å². The molecule has 0 bridgehead atoms. The number of carbonyl (C=O) groups is 2. The van der Waals surface area contributed by atoms with Gasteiger partial charge >= 0.3 is 11.9 Å². The number of rotatable bonds is 14. The Labute approximate surface area is 210 Å². The molecule has 0 aliphatic carbocycles. The maximum atomic E-state index is 11.3. The lowest BCUT2D eigenvalue weighted by Gasteiger charge is -2.14. The molecule has 0 fully saturated rings. The number of hydrogen-bond donors (Lipinski definition) is 3. The largest absolute Gasteiger partial charge is 0.493 e. The van der Waals surface area contributed by atoms with E-state index in [1.54, 1.807) is 30.3 Å². The molecule has 0 amide bonds. The van der Waals surface area contributed by atoms with E-state index in [1.807, 2.05) is 6.07 Å². The first-order chi connectivity index (χ1) is 17.5. The van der Waals surface area contributed by atoms with E-state index in [0.717, 1.165) is 32.1 Å². The topological polar surface area (TPSA) is 116 Å². The van der Waals surface area contributed by atoms with Crippen molar-refractivity contribution in [3.05, 3.63) is 101 Å². The molecule has 3 aromatic carbocycles. The summed E-state index contributed by atoms with van der Waals surface area (Å²) in [6, 6.07) is 21.7. The molecule has 0 aromatic heterocycles. The van der Waals surface area contributed by atoms with Crippen molar-refractivity contribution < 1.29 is 29.7 Å². The summed E-state index contributed by atoms with van der Waals surface area (Å²) in [7, 11) is 0. The number of nitrogens with zero attached hydrogens (tertiary/aromatic N) is 1. The Balaban J connectivity index is 1.63. The van der Waals surface area contributed by atoms with E-state index in [4.69, 9.17) is 9.84 Å². The van der Waals surface area contributed by atoms with E-state index >= 15 is 0 Å². The van der Waals surface area contributed by atoms with Crippen LogP contribution in [0.1, 0.15) is 64.7 Å². The van der Waals surface area contributed by atoms with Gasteiger partial charge in [0.2, 0.25) is 0 Å². The minimum absolute atomic E-state index is 0.0700. The van der Waals surface area contributed by atoms with Gasteiger partial charge in [0, 0.05) is 17.5 Å². The van der Waals surface area contributed by atoms with Crippen LogP contribution in [-0.4, -0.2) is 39.7 Å². The minimum Gasteiger partial charge on any atom is -0.493 e. The van der Waals surface area contributed by atoms with Gasteiger partial charge in [-0.2, -0.15) is 0 Å². The lowest BCUT2D eigenvalue weighted by Crippen LogP contribution is -2.08. The Kier molecular flexibility index (Phi) is 10.1. The standard InChI is InChI=1S/C29H31NO6/c31-27(32)17-15-22-19-24(28(30-35)23-12-8-13-25(20-23)29(33)34)14-16-26(22)36-18-7-2-1-4-9-21-10-5-3-6-11-21/h3,5-6,8,10-14,16,19-20,35H,1-2,4,7,9,15,17-18H2,(H,31,32)(H,33,34)/b30-28-. The number of carboxylic acid groups (broad SMARTS) is 2. The predicted molar refractivity (Wildman–Crippen MR) is 137 cm³/mol. The SMILES string of the molecule is O=C(O)CCc1cc(/C(=N\O)c2cccc(C(=O)O)c2)ccc1OCCCCCCc1ccccc1. The van der Waals surface area contributed by atoms with Gasteiger partial charge < -0.3 is 20.2 Å². The lowest BCUT2D eigenvalue weighted by atomic mass is 9.97. The van der Waals surface area contributed by atoms with Crippen molar-refractivity contribution in [2.75, 3.05) is 6.61 Å². The fraction of sp³-hybridized carbons (Fsp3) is 0.276. The fourth-order valence-corrected chi connectivity index (χ4v) is 4.00. The van der Waals surface area contributed by atoms with Gasteiger partial charge in [-0.15, -0.1) is 0 Å². The van der Waals surface area contributed by atoms with Crippen molar-refractivity contribution in [1.29, 1.82) is 0 Å². The quantitative estimate of drug-likeness (QED) is 0.114. The number of aryl methyl sites for hydroxylation is 2. The van der Waals surface area contributed by atoms with Gasteiger partial charge in [0.1, 0.15) is 11.5 Å². The third-order valence-electron chi connectivity index (χ3n) is 5.89. The first kappa shape index (κ1) is 26.5. The third-order valence-corrected chi connectivity index (χ3v) is 5.89. The number of aliphatic carboxylic acids is 1. The van der Waals surface area contributed by atoms with Crippen LogP contribution in [0.2, 0.25) is 0 Å². The first-order valence-corrected chi connectivity index (χ1v) is 12.1. The van der Waals surface area contributed by atoms with Crippen molar-refractivity contribution in [1.82, 2.24) is 0 Å². The Morgan fingerprint density at radius 2 is 1.47 bits per heavy atom. The van der Waals surface area contributed by atoms with Gasteiger partial charge in [-0.1, -0.05) is 60.5 Å². The molecule has 0 aliphatic heterocycles. The first-order valence-electron chi connectivity index (χ1n) is 12.1. The van der Waals surface area contributed by atoms with Gasteiger partial charge in [-0.05, 0) is 67.1 Å². The summed E-state index contributed by atoms with van der Waals surface area (Å²) in [6.45, 7) is 0.520. The smallest absolute Gasteiger partial charge is 0.335 e. The third kappa shape index (κ3) is 7.98. The predicted octanol–water partition coefficient (Wildman–Crippen LogP) is 5.81. The zero-order chi connectivity index (χ0) is 25.8. The molecule has 0 saturated carbocycles. The molecule has 0 unspecified atom stereocenters. The summed E-state index contributed by atoms with van der Waals surface area (Å²) in [5.41, 5.74) is 3.27. The number of aromatic carboxylic acids is 1. The van der Waals surface area contributed by atoms with Crippen LogP contribution in [0.5, 0.6) is 5.75 Å². The molecule has 0 saturated heterocycles. The molecule has 3 N–H and O–H groups in total. The number of unbranched alkanes of at least 4 members (excludes halogenated alkanes) is 3. The van der Waals surface area contributed by atoms with E-state index in [0.29, 0.717) is 29.0 Å². The second kappa shape index (κ2) is 13.7.